The second-order valence-corrected chi connectivity index (χ2v) is 4.34. The fourth-order valence-electron chi connectivity index (χ4n) is 1.89. The van der Waals surface area contributed by atoms with Gasteiger partial charge in [-0.3, -0.25) is 4.79 Å². The minimum Gasteiger partial charge on any atom is -0.397 e. The summed E-state index contributed by atoms with van der Waals surface area (Å²) in [7, 11) is 0. The van der Waals surface area contributed by atoms with Crippen LogP contribution in [-0.2, 0) is 6.54 Å². The van der Waals surface area contributed by atoms with E-state index in [0.29, 0.717) is 17.3 Å². The molecule has 4 heteroatoms. The summed E-state index contributed by atoms with van der Waals surface area (Å²) >= 11 is 0. The molecule has 1 heterocycles. The maximum atomic E-state index is 12.0. The van der Waals surface area contributed by atoms with Crippen LogP contribution in [0.15, 0.2) is 12.3 Å². The van der Waals surface area contributed by atoms with Crippen molar-refractivity contribution in [2.45, 2.75) is 40.2 Å². The maximum absolute atomic E-state index is 12.0. The van der Waals surface area contributed by atoms with Gasteiger partial charge in [-0.05, 0) is 18.9 Å². The Hall–Kier alpha value is -1.45. The largest absolute Gasteiger partial charge is 0.397 e. The van der Waals surface area contributed by atoms with E-state index in [-0.39, 0.29) is 5.91 Å². The van der Waals surface area contributed by atoms with Gasteiger partial charge in [0.15, 0.2) is 0 Å². The number of carbonyl (C=O) groups is 1. The number of aromatic nitrogens is 1. The fourth-order valence-corrected chi connectivity index (χ4v) is 1.89. The highest BCUT2D eigenvalue weighted by molar-refractivity contribution is 5.93. The van der Waals surface area contributed by atoms with E-state index in [1.807, 2.05) is 11.5 Å². The van der Waals surface area contributed by atoms with Gasteiger partial charge in [0.05, 0.1) is 5.69 Å². The molecule has 96 valence electrons. The Morgan fingerprint density at radius 3 is 2.59 bits per heavy atom. The number of hydrogen-bond donors (Lipinski definition) is 2. The molecule has 0 spiro atoms. The number of nitrogens with one attached hydrogen (secondary N) is 1. The van der Waals surface area contributed by atoms with Crippen LogP contribution in [0.4, 0.5) is 5.69 Å². The second kappa shape index (κ2) is 6.33. The van der Waals surface area contributed by atoms with Crippen molar-refractivity contribution >= 4 is 11.6 Å². The topological polar surface area (TPSA) is 60.1 Å². The smallest absolute Gasteiger partial charge is 0.267 e. The highest BCUT2D eigenvalue weighted by atomic mass is 16.1. The predicted octanol–water partition coefficient (Wildman–Crippen LogP) is 2.26. The zero-order valence-corrected chi connectivity index (χ0v) is 11.0. The number of nitrogens with zero attached hydrogens (tertiary/aromatic N) is 1. The molecular weight excluding hydrogens is 214 g/mol. The van der Waals surface area contributed by atoms with Crippen molar-refractivity contribution in [2.75, 3.05) is 12.3 Å². The van der Waals surface area contributed by atoms with Crippen molar-refractivity contribution in [3.05, 3.63) is 18.0 Å². The van der Waals surface area contributed by atoms with E-state index in [4.69, 9.17) is 5.73 Å². The van der Waals surface area contributed by atoms with Gasteiger partial charge in [-0.1, -0.05) is 26.7 Å². The number of hydrogen-bond acceptors (Lipinski definition) is 2. The average molecular weight is 237 g/mol. The number of amides is 1. The second-order valence-electron chi connectivity index (χ2n) is 4.34. The van der Waals surface area contributed by atoms with Crippen LogP contribution in [0.2, 0.25) is 0 Å². The van der Waals surface area contributed by atoms with E-state index in [1.165, 1.54) is 0 Å². The number of rotatable bonds is 6. The van der Waals surface area contributed by atoms with E-state index in [0.717, 1.165) is 25.9 Å². The van der Waals surface area contributed by atoms with Crippen molar-refractivity contribution < 1.29 is 4.79 Å². The third-order valence-corrected chi connectivity index (χ3v) is 3.20. The molecule has 1 amide bonds. The van der Waals surface area contributed by atoms with E-state index in [1.54, 1.807) is 12.3 Å². The molecule has 1 aromatic rings. The molecule has 0 radical (unpaired) electrons. The summed E-state index contributed by atoms with van der Waals surface area (Å²) < 4.78 is 1.87. The van der Waals surface area contributed by atoms with Crippen LogP contribution in [-0.4, -0.2) is 17.0 Å². The molecule has 3 N–H and O–H groups in total. The molecule has 0 aliphatic rings. The van der Waals surface area contributed by atoms with Gasteiger partial charge in [0.25, 0.3) is 5.91 Å². The van der Waals surface area contributed by atoms with Crippen molar-refractivity contribution in [3.8, 4) is 0 Å². The summed E-state index contributed by atoms with van der Waals surface area (Å²) in [5, 5.41) is 2.97. The highest BCUT2D eigenvalue weighted by Gasteiger charge is 2.13. The van der Waals surface area contributed by atoms with Crippen molar-refractivity contribution in [3.63, 3.8) is 0 Å². The van der Waals surface area contributed by atoms with Gasteiger partial charge in [0.1, 0.15) is 5.69 Å². The third-order valence-electron chi connectivity index (χ3n) is 3.20. The Morgan fingerprint density at radius 2 is 2.06 bits per heavy atom. The predicted molar refractivity (Wildman–Crippen MR) is 70.9 cm³/mol. The molecule has 0 atom stereocenters. The molecule has 0 aliphatic heterocycles. The van der Waals surface area contributed by atoms with E-state index in [2.05, 4.69) is 19.2 Å². The first kappa shape index (κ1) is 13.6. The Balaban J connectivity index is 2.63. The quantitative estimate of drug-likeness (QED) is 0.797. The number of anilines is 1. The normalized spacial score (nSPS) is 10.8. The maximum Gasteiger partial charge on any atom is 0.267 e. The lowest BCUT2D eigenvalue weighted by Gasteiger charge is -2.13. The van der Waals surface area contributed by atoms with Crippen molar-refractivity contribution in [1.29, 1.82) is 0 Å². The standard InChI is InChI=1S/C13H23N3O/c1-4-10(5-2)8-15-13(17)12-7-11(14)9-16(12)6-3/h7,9-10H,4-6,8,14H2,1-3H3,(H,15,17). The molecule has 0 aliphatic carbocycles. The van der Waals surface area contributed by atoms with Gasteiger partial charge in [-0.15, -0.1) is 0 Å². The third kappa shape index (κ3) is 3.51. The number of aryl methyl sites for hydroxylation is 1. The van der Waals surface area contributed by atoms with Gasteiger partial charge in [0, 0.05) is 19.3 Å². The highest BCUT2D eigenvalue weighted by Crippen LogP contribution is 2.11. The van der Waals surface area contributed by atoms with Gasteiger partial charge < -0.3 is 15.6 Å². The minimum absolute atomic E-state index is 0.0320. The molecule has 0 bridgehead atoms. The summed E-state index contributed by atoms with van der Waals surface area (Å²) in [6, 6.07) is 1.73. The SMILES string of the molecule is CCC(CC)CNC(=O)c1cc(N)cn1CC. The van der Waals surface area contributed by atoms with Crippen LogP contribution in [0.5, 0.6) is 0 Å². The molecule has 0 saturated heterocycles. The molecule has 1 rings (SSSR count). The Kier molecular flexibility index (Phi) is 5.07. The van der Waals surface area contributed by atoms with E-state index in [9.17, 15) is 4.79 Å². The van der Waals surface area contributed by atoms with E-state index >= 15 is 0 Å². The first-order valence-electron chi connectivity index (χ1n) is 6.36. The van der Waals surface area contributed by atoms with Gasteiger partial charge in [-0.25, -0.2) is 0 Å². The van der Waals surface area contributed by atoms with Crippen molar-refractivity contribution in [1.82, 2.24) is 9.88 Å². The van der Waals surface area contributed by atoms with Gasteiger partial charge in [0.2, 0.25) is 0 Å². The monoisotopic (exact) mass is 237 g/mol. The Bertz CT molecular complexity index is 367. The molecule has 1 aromatic heterocycles. The zero-order chi connectivity index (χ0) is 12.8. The van der Waals surface area contributed by atoms with Gasteiger partial charge in [-0.2, -0.15) is 0 Å². The molecule has 0 unspecified atom stereocenters. The van der Waals surface area contributed by atoms with Crippen LogP contribution >= 0.6 is 0 Å². The Labute approximate surface area is 103 Å². The van der Waals surface area contributed by atoms with Gasteiger partial charge >= 0.3 is 0 Å². The lowest BCUT2D eigenvalue weighted by atomic mass is 10.0. The summed E-state index contributed by atoms with van der Waals surface area (Å²) in [5.74, 6) is 0.525. The lowest BCUT2D eigenvalue weighted by Crippen LogP contribution is -2.30. The molecule has 0 fully saturated rings. The van der Waals surface area contributed by atoms with Crippen LogP contribution in [0.25, 0.3) is 0 Å². The first-order valence-corrected chi connectivity index (χ1v) is 6.36. The number of carbonyl (C=O) groups excluding carboxylic acids is 1. The Morgan fingerprint density at radius 1 is 1.41 bits per heavy atom. The molecule has 0 aromatic carbocycles. The fraction of sp³-hybridized carbons (Fsp3) is 0.615. The molecular formula is C13H23N3O. The molecule has 4 nitrogen and oxygen atoms in total. The summed E-state index contributed by atoms with van der Waals surface area (Å²) in [4.78, 5) is 12.0. The minimum atomic E-state index is -0.0320. The lowest BCUT2D eigenvalue weighted by molar-refractivity contribution is 0.0937. The zero-order valence-electron chi connectivity index (χ0n) is 11.0. The van der Waals surface area contributed by atoms with Crippen LogP contribution in [0, 0.1) is 5.92 Å². The van der Waals surface area contributed by atoms with Crippen LogP contribution in [0.3, 0.4) is 0 Å². The first-order chi connectivity index (χ1) is 8.12. The van der Waals surface area contributed by atoms with E-state index < -0.39 is 0 Å². The number of nitrogens with two attached hydrogens (primary N) is 1. The summed E-state index contributed by atoms with van der Waals surface area (Å²) in [6.45, 7) is 7.78. The number of nitrogen functional groups attached to an aromatic ring is 1. The molecule has 17 heavy (non-hydrogen) atoms. The van der Waals surface area contributed by atoms with Crippen LogP contribution < -0.4 is 11.1 Å². The van der Waals surface area contributed by atoms with Crippen LogP contribution in [0.1, 0.15) is 44.1 Å². The van der Waals surface area contributed by atoms with Crippen molar-refractivity contribution in [2.24, 2.45) is 5.92 Å². The summed E-state index contributed by atoms with van der Waals surface area (Å²) in [6.07, 6.45) is 3.98. The molecule has 0 saturated carbocycles. The summed E-state index contributed by atoms with van der Waals surface area (Å²) in [5.41, 5.74) is 6.99. The average Bonchev–Trinajstić information content (AvgIpc) is 2.71.